The lowest BCUT2D eigenvalue weighted by molar-refractivity contribution is 0.126. The molecule has 1 unspecified atom stereocenters. The molecular formula is C21H34N6O. The van der Waals surface area contributed by atoms with E-state index in [1.54, 1.807) is 0 Å². The highest BCUT2D eigenvalue weighted by Crippen LogP contribution is 2.36. The number of nitrogens with one attached hydrogen (secondary N) is 2. The van der Waals surface area contributed by atoms with Crippen LogP contribution in [-0.2, 0) is 0 Å². The van der Waals surface area contributed by atoms with E-state index in [-0.39, 0.29) is 12.1 Å². The number of anilines is 1. The van der Waals surface area contributed by atoms with Gasteiger partial charge >= 0.3 is 6.03 Å². The van der Waals surface area contributed by atoms with Crippen LogP contribution in [0.3, 0.4) is 0 Å². The first-order valence-corrected chi connectivity index (χ1v) is 10.8. The summed E-state index contributed by atoms with van der Waals surface area (Å²) in [6.45, 7) is 11.1. The molecule has 2 amide bonds. The number of pyridine rings is 1. The van der Waals surface area contributed by atoms with E-state index >= 15 is 0 Å². The second-order valence-corrected chi connectivity index (χ2v) is 8.74. The van der Waals surface area contributed by atoms with Gasteiger partial charge in [0.15, 0.2) is 0 Å². The van der Waals surface area contributed by atoms with Crippen LogP contribution < -0.4 is 15.5 Å². The lowest BCUT2D eigenvalue weighted by Gasteiger charge is -2.40. The number of carbonyl (C=O) groups excluding carboxylic acids is 1. The Kier molecular flexibility index (Phi) is 6.01. The SMILES string of the molecule is CC(CN1CCN(c2ccccn2)CC1)NC(=O)N1CCC2(CCNC2)CC1. The molecule has 7 heteroatoms. The quantitative estimate of drug-likeness (QED) is 0.819. The fourth-order valence-electron chi connectivity index (χ4n) is 4.84. The van der Waals surface area contributed by atoms with Gasteiger partial charge in [0.25, 0.3) is 0 Å². The van der Waals surface area contributed by atoms with Gasteiger partial charge in [-0.25, -0.2) is 9.78 Å². The first-order chi connectivity index (χ1) is 13.6. The molecule has 28 heavy (non-hydrogen) atoms. The lowest BCUT2D eigenvalue weighted by Crippen LogP contribution is -2.54. The summed E-state index contributed by atoms with van der Waals surface area (Å²) in [5.41, 5.74) is 0.454. The highest BCUT2D eigenvalue weighted by Gasteiger charge is 2.38. The van der Waals surface area contributed by atoms with Crippen LogP contribution in [-0.4, -0.2) is 85.8 Å². The molecule has 7 nitrogen and oxygen atoms in total. The van der Waals surface area contributed by atoms with Crippen molar-refractivity contribution in [3.63, 3.8) is 0 Å². The topological polar surface area (TPSA) is 63.7 Å². The van der Waals surface area contributed by atoms with Crippen molar-refractivity contribution in [3.8, 4) is 0 Å². The Bertz CT molecular complexity index is 630. The number of hydrogen-bond acceptors (Lipinski definition) is 5. The third-order valence-electron chi connectivity index (χ3n) is 6.69. The van der Waals surface area contributed by atoms with Crippen molar-refractivity contribution >= 4 is 11.8 Å². The molecule has 0 aromatic carbocycles. The minimum atomic E-state index is 0.112. The van der Waals surface area contributed by atoms with E-state index in [2.05, 4.69) is 38.4 Å². The Morgan fingerprint density at radius 2 is 1.96 bits per heavy atom. The van der Waals surface area contributed by atoms with Crippen LogP contribution in [0.1, 0.15) is 26.2 Å². The van der Waals surface area contributed by atoms with Crippen LogP contribution >= 0.6 is 0 Å². The van der Waals surface area contributed by atoms with Crippen LogP contribution in [0.25, 0.3) is 0 Å². The van der Waals surface area contributed by atoms with Crippen molar-refractivity contribution in [3.05, 3.63) is 24.4 Å². The molecule has 1 atom stereocenters. The molecule has 0 bridgehead atoms. The van der Waals surface area contributed by atoms with Crippen LogP contribution in [0.5, 0.6) is 0 Å². The molecule has 1 aromatic heterocycles. The van der Waals surface area contributed by atoms with Gasteiger partial charge in [0, 0.05) is 64.6 Å². The number of amides is 2. The van der Waals surface area contributed by atoms with Gasteiger partial charge in [-0.1, -0.05) is 6.07 Å². The monoisotopic (exact) mass is 386 g/mol. The van der Waals surface area contributed by atoms with Crippen molar-refractivity contribution in [1.82, 2.24) is 25.4 Å². The number of likely N-dealkylation sites (tertiary alicyclic amines) is 1. The van der Waals surface area contributed by atoms with Gasteiger partial charge in [-0.15, -0.1) is 0 Å². The van der Waals surface area contributed by atoms with E-state index in [0.717, 1.165) is 77.6 Å². The molecular weight excluding hydrogens is 352 g/mol. The molecule has 0 radical (unpaired) electrons. The van der Waals surface area contributed by atoms with Crippen LogP contribution in [0.4, 0.5) is 10.6 Å². The van der Waals surface area contributed by atoms with E-state index in [0.29, 0.717) is 5.41 Å². The van der Waals surface area contributed by atoms with E-state index in [9.17, 15) is 4.79 Å². The van der Waals surface area contributed by atoms with Gasteiger partial charge in [0.2, 0.25) is 0 Å². The fraction of sp³-hybridized carbons (Fsp3) is 0.714. The van der Waals surface area contributed by atoms with E-state index in [1.807, 2.05) is 23.2 Å². The summed E-state index contributed by atoms with van der Waals surface area (Å²) in [7, 11) is 0. The first-order valence-electron chi connectivity index (χ1n) is 10.8. The predicted octanol–water partition coefficient (Wildman–Crippen LogP) is 1.38. The van der Waals surface area contributed by atoms with Crippen molar-refractivity contribution in [1.29, 1.82) is 0 Å². The molecule has 2 N–H and O–H groups in total. The number of carbonyl (C=O) groups is 1. The average molecular weight is 387 g/mol. The van der Waals surface area contributed by atoms with Gasteiger partial charge in [-0.05, 0) is 50.3 Å². The number of rotatable bonds is 4. The molecule has 3 aliphatic heterocycles. The van der Waals surface area contributed by atoms with Gasteiger partial charge in [-0.3, -0.25) is 4.90 Å². The molecule has 1 aromatic rings. The Labute approximate surface area is 168 Å². The van der Waals surface area contributed by atoms with Crippen molar-refractivity contribution in [2.45, 2.75) is 32.2 Å². The highest BCUT2D eigenvalue weighted by atomic mass is 16.2. The summed E-state index contributed by atoms with van der Waals surface area (Å²) in [4.78, 5) is 23.9. The van der Waals surface area contributed by atoms with Gasteiger partial charge in [0.1, 0.15) is 5.82 Å². The third-order valence-corrected chi connectivity index (χ3v) is 6.69. The van der Waals surface area contributed by atoms with E-state index < -0.39 is 0 Å². The number of urea groups is 1. The minimum Gasteiger partial charge on any atom is -0.354 e. The van der Waals surface area contributed by atoms with E-state index in [1.165, 1.54) is 6.42 Å². The summed E-state index contributed by atoms with van der Waals surface area (Å²) in [6, 6.07) is 6.34. The maximum atomic E-state index is 12.7. The molecule has 3 aliphatic rings. The number of hydrogen-bond donors (Lipinski definition) is 2. The number of piperidine rings is 1. The Balaban J connectivity index is 1.18. The summed E-state index contributed by atoms with van der Waals surface area (Å²) >= 11 is 0. The number of piperazine rings is 1. The predicted molar refractivity (Wildman–Crippen MR) is 112 cm³/mol. The maximum Gasteiger partial charge on any atom is 0.317 e. The zero-order chi connectivity index (χ0) is 19.4. The Morgan fingerprint density at radius 3 is 2.61 bits per heavy atom. The molecule has 0 saturated carbocycles. The molecule has 3 fully saturated rings. The van der Waals surface area contributed by atoms with Crippen molar-refractivity contribution < 1.29 is 4.79 Å². The summed E-state index contributed by atoms with van der Waals surface area (Å²) in [5, 5.41) is 6.71. The molecule has 1 spiro atoms. The maximum absolute atomic E-state index is 12.7. The van der Waals surface area contributed by atoms with Crippen LogP contribution in [0.2, 0.25) is 0 Å². The van der Waals surface area contributed by atoms with E-state index in [4.69, 9.17) is 0 Å². The largest absolute Gasteiger partial charge is 0.354 e. The average Bonchev–Trinajstić information content (AvgIpc) is 3.17. The standard InChI is InChI=1S/C21H34N6O/c1-18(16-25-12-14-26(15-13-25)19-4-2-3-8-23-19)24-20(28)27-10-6-21(7-11-27)5-9-22-17-21/h2-4,8,18,22H,5-7,9-17H2,1H3,(H,24,28). The second kappa shape index (κ2) is 8.66. The second-order valence-electron chi connectivity index (χ2n) is 8.74. The normalized spacial score (nSPS) is 23.8. The number of aromatic nitrogens is 1. The Hall–Kier alpha value is -1.86. The third kappa shape index (κ3) is 4.58. The number of nitrogens with zero attached hydrogens (tertiary/aromatic N) is 4. The summed E-state index contributed by atoms with van der Waals surface area (Å²) < 4.78 is 0. The summed E-state index contributed by atoms with van der Waals surface area (Å²) in [5.74, 6) is 1.06. The minimum absolute atomic E-state index is 0.112. The Morgan fingerprint density at radius 1 is 1.18 bits per heavy atom. The molecule has 0 aliphatic carbocycles. The fourth-order valence-corrected chi connectivity index (χ4v) is 4.84. The highest BCUT2D eigenvalue weighted by molar-refractivity contribution is 5.74. The van der Waals surface area contributed by atoms with Crippen LogP contribution in [0, 0.1) is 5.41 Å². The lowest BCUT2D eigenvalue weighted by atomic mass is 9.78. The van der Waals surface area contributed by atoms with Gasteiger partial charge in [-0.2, -0.15) is 0 Å². The summed E-state index contributed by atoms with van der Waals surface area (Å²) in [6.07, 6.45) is 5.39. The first kappa shape index (κ1) is 19.5. The van der Waals surface area contributed by atoms with Gasteiger partial charge < -0.3 is 20.4 Å². The van der Waals surface area contributed by atoms with Crippen molar-refractivity contribution in [2.75, 3.05) is 63.8 Å². The molecule has 3 saturated heterocycles. The molecule has 4 heterocycles. The molecule has 4 rings (SSSR count). The molecule has 154 valence electrons. The zero-order valence-corrected chi connectivity index (χ0v) is 17.1. The smallest absolute Gasteiger partial charge is 0.317 e. The van der Waals surface area contributed by atoms with Crippen LogP contribution in [0.15, 0.2) is 24.4 Å². The van der Waals surface area contributed by atoms with Crippen molar-refractivity contribution in [2.24, 2.45) is 5.41 Å². The van der Waals surface area contributed by atoms with Gasteiger partial charge in [0.05, 0.1) is 0 Å². The zero-order valence-electron chi connectivity index (χ0n) is 17.1.